The van der Waals surface area contributed by atoms with Gasteiger partial charge in [-0.05, 0) is 37.5 Å². The van der Waals surface area contributed by atoms with Gasteiger partial charge >= 0.3 is 0 Å². The first-order chi connectivity index (χ1) is 7.65. The lowest BCUT2D eigenvalue weighted by molar-refractivity contribution is 0.797. The summed E-state index contributed by atoms with van der Waals surface area (Å²) in [5, 5.41) is 0. The summed E-state index contributed by atoms with van der Waals surface area (Å²) in [6.07, 6.45) is 4.18. The van der Waals surface area contributed by atoms with E-state index >= 15 is 0 Å². The second kappa shape index (κ2) is 6.33. The Bertz CT molecular complexity index is 314. The van der Waals surface area contributed by atoms with E-state index in [0.717, 1.165) is 19.4 Å². The molecule has 0 bridgehead atoms. The molecule has 0 unspecified atom stereocenters. The minimum atomic E-state index is 0.111. The normalized spacial score (nSPS) is 12.2. The minimum absolute atomic E-state index is 0.111. The maximum Gasteiger partial charge on any atom is 0.0363 e. The van der Waals surface area contributed by atoms with E-state index in [1.54, 1.807) is 0 Å². The zero-order valence-corrected chi connectivity index (χ0v) is 10.3. The van der Waals surface area contributed by atoms with Gasteiger partial charge in [0.1, 0.15) is 0 Å². The minimum Gasteiger partial charge on any atom is -0.375 e. The summed E-state index contributed by atoms with van der Waals surface area (Å²) in [5.41, 5.74) is 8.24. The van der Waals surface area contributed by atoms with Gasteiger partial charge in [-0.25, -0.2) is 0 Å². The van der Waals surface area contributed by atoms with Crippen LogP contribution in [0.4, 0.5) is 5.69 Å². The Morgan fingerprint density at radius 1 is 1.38 bits per heavy atom. The van der Waals surface area contributed by atoms with Crippen molar-refractivity contribution >= 4 is 5.69 Å². The van der Waals surface area contributed by atoms with Crippen molar-refractivity contribution in [1.82, 2.24) is 0 Å². The van der Waals surface area contributed by atoms with Crippen LogP contribution < -0.4 is 10.6 Å². The number of benzene rings is 1. The van der Waals surface area contributed by atoms with Gasteiger partial charge in [0.15, 0.2) is 0 Å². The van der Waals surface area contributed by atoms with Gasteiger partial charge in [-0.3, -0.25) is 0 Å². The largest absolute Gasteiger partial charge is 0.375 e. The first-order valence-electron chi connectivity index (χ1n) is 5.82. The molecule has 2 nitrogen and oxygen atoms in total. The zero-order chi connectivity index (χ0) is 12.0. The molecule has 88 valence electrons. The molecular formula is C14H22N2. The lowest BCUT2D eigenvalue weighted by Gasteiger charge is -2.19. The average molecular weight is 218 g/mol. The van der Waals surface area contributed by atoms with Crippen LogP contribution in [0.2, 0.25) is 0 Å². The number of unbranched alkanes of at least 4 members (excludes halogenated alkanes) is 1. The standard InChI is InChI=1S/C14H22N2/c1-4-5-6-11-16(3)14-9-7-13(8-10-14)12(2)15/h4,7-10,12H,1,5-6,11,15H2,2-3H3/t12-/m1/s1. The average Bonchev–Trinajstić information content (AvgIpc) is 2.29. The predicted octanol–water partition coefficient (Wildman–Crippen LogP) is 3.11. The fourth-order valence-corrected chi connectivity index (χ4v) is 1.63. The summed E-state index contributed by atoms with van der Waals surface area (Å²) in [5.74, 6) is 0. The molecule has 0 fully saturated rings. The second-order valence-electron chi connectivity index (χ2n) is 4.23. The quantitative estimate of drug-likeness (QED) is 0.587. The van der Waals surface area contributed by atoms with Crippen LogP contribution in [0.1, 0.15) is 31.4 Å². The van der Waals surface area contributed by atoms with Gasteiger partial charge in [0.2, 0.25) is 0 Å². The third-order valence-electron chi connectivity index (χ3n) is 2.76. The zero-order valence-electron chi connectivity index (χ0n) is 10.3. The molecule has 0 saturated carbocycles. The lowest BCUT2D eigenvalue weighted by Crippen LogP contribution is -2.18. The van der Waals surface area contributed by atoms with Gasteiger partial charge in [0.05, 0.1) is 0 Å². The van der Waals surface area contributed by atoms with E-state index in [0.29, 0.717) is 0 Å². The topological polar surface area (TPSA) is 29.3 Å². The first kappa shape index (κ1) is 12.8. The number of allylic oxidation sites excluding steroid dienone is 1. The smallest absolute Gasteiger partial charge is 0.0363 e. The monoisotopic (exact) mass is 218 g/mol. The van der Waals surface area contributed by atoms with E-state index in [1.807, 2.05) is 13.0 Å². The van der Waals surface area contributed by atoms with Crippen LogP contribution >= 0.6 is 0 Å². The van der Waals surface area contributed by atoms with E-state index in [1.165, 1.54) is 11.3 Å². The summed E-state index contributed by atoms with van der Waals surface area (Å²) in [6.45, 7) is 6.79. The van der Waals surface area contributed by atoms with E-state index < -0.39 is 0 Å². The molecule has 0 saturated heterocycles. The van der Waals surface area contributed by atoms with Crippen LogP contribution in [0, 0.1) is 0 Å². The van der Waals surface area contributed by atoms with E-state index in [9.17, 15) is 0 Å². The molecule has 1 aromatic carbocycles. The van der Waals surface area contributed by atoms with Gasteiger partial charge in [0, 0.05) is 25.3 Å². The Morgan fingerprint density at radius 3 is 2.50 bits per heavy atom. The van der Waals surface area contributed by atoms with Crippen molar-refractivity contribution < 1.29 is 0 Å². The van der Waals surface area contributed by atoms with E-state index in [-0.39, 0.29) is 6.04 Å². The first-order valence-corrected chi connectivity index (χ1v) is 5.82. The number of rotatable bonds is 6. The fourth-order valence-electron chi connectivity index (χ4n) is 1.63. The maximum atomic E-state index is 5.81. The molecule has 1 aromatic rings. The molecule has 0 heterocycles. The number of nitrogens with zero attached hydrogens (tertiary/aromatic N) is 1. The van der Waals surface area contributed by atoms with Crippen molar-refractivity contribution in [3.05, 3.63) is 42.5 Å². The third kappa shape index (κ3) is 3.70. The molecule has 1 atom stereocenters. The Balaban J connectivity index is 2.55. The summed E-state index contributed by atoms with van der Waals surface area (Å²) >= 11 is 0. The molecule has 2 heteroatoms. The number of hydrogen-bond acceptors (Lipinski definition) is 2. The predicted molar refractivity (Wildman–Crippen MR) is 71.7 cm³/mol. The molecule has 0 aliphatic rings. The van der Waals surface area contributed by atoms with Crippen molar-refractivity contribution in [2.24, 2.45) is 5.73 Å². The van der Waals surface area contributed by atoms with Crippen molar-refractivity contribution in [2.45, 2.75) is 25.8 Å². The summed E-state index contributed by atoms with van der Waals surface area (Å²) in [7, 11) is 2.12. The lowest BCUT2D eigenvalue weighted by atomic mass is 10.1. The molecule has 16 heavy (non-hydrogen) atoms. The maximum absolute atomic E-state index is 5.81. The van der Waals surface area contributed by atoms with Gasteiger partial charge in [-0.2, -0.15) is 0 Å². The van der Waals surface area contributed by atoms with Crippen molar-refractivity contribution in [3.8, 4) is 0 Å². The highest BCUT2D eigenvalue weighted by molar-refractivity contribution is 5.47. The van der Waals surface area contributed by atoms with Crippen molar-refractivity contribution in [3.63, 3.8) is 0 Å². The molecule has 2 N–H and O–H groups in total. The Labute approximate surface area is 98.8 Å². The number of nitrogens with two attached hydrogens (primary N) is 1. The highest BCUT2D eigenvalue weighted by Crippen LogP contribution is 2.17. The molecule has 0 radical (unpaired) electrons. The van der Waals surface area contributed by atoms with Gasteiger partial charge in [0.25, 0.3) is 0 Å². The van der Waals surface area contributed by atoms with Crippen LogP contribution in [0.3, 0.4) is 0 Å². The third-order valence-corrected chi connectivity index (χ3v) is 2.76. The van der Waals surface area contributed by atoms with E-state index in [4.69, 9.17) is 5.73 Å². The number of anilines is 1. The Kier molecular flexibility index (Phi) is 5.06. The van der Waals surface area contributed by atoms with Crippen molar-refractivity contribution in [2.75, 3.05) is 18.5 Å². The highest BCUT2D eigenvalue weighted by Gasteiger charge is 2.02. The molecule has 0 aromatic heterocycles. The summed E-state index contributed by atoms with van der Waals surface area (Å²) in [4.78, 5) is 2.26. The Morgan fingerprint density at radius 2 is 2.00 bits per heavy atom. The van der Waals surface area contributed by atoms with Gasteiger partial charge in [-0.15, -0.1) is 6.58 Å². The Hall–Kier alpha value is -1.28. The van der Waals surface area contributed by atoms with E-state index in [2.05, 4.69) is 42.8 Å². The molecule has 1 rings (SSSR count). The van der Waals surface area contributed by atoms with Gasteiger partial charge < -0.3 is 10.6 Å². The molecule has 0 aliphatic carbocycles. The fraction of sp³-hybridized carbons (Fsp3) is 0.429. The SMILES string of the molecule is C=CCCCN(C)c1ccc([C@@H](C)N)cc1. The molecular weight excluding hydrogens is 196 g/mol. The van der Waals surface area contributed by atoms with Gasteiger partial charge in [-0.1, -0.05) is 18.2 Å². The number of hydrogen-bond donors (Lipinski definition) is 1. The van der Waals surface area contributed by atoms with Crippen LogP contribution in [0.15, 0.2) is 36.9 Å². The summed E-state index contributed by atoms with van der Waals surface area (Å²) in [6, 6.07) is 8.58. The molecule has 0 spiro atoms. The van der Waals surface area contributed by atoms with Crippen molar-refractivity contribution in [1.29, 1.82) is 0 Å². The van der Waals surface area contributed by atoms with Crippen LogP contribution in [-0.2, 0) is 0 Å². The van der Waals surface area contributed by atoms with Crippen LogP contribution in [0.25, 0.3) is 0 Å². The highest BCUT2D eigenvalue weighted by atomic mass is 15.1. The summed E-state index contributed by atoms with van der Waals surface area (Å²) < 4.78 is 0. The molecule has 0 aliphatic heterocycles. The van der Waals surface area contributed by atoms with Crippen LogP contribution in [-0.4, -0.2) is 13.6 Å². The van der Waals surface area contributed by atoms with Crippen LogP contribution in [0.5, 0.6) is 0 Å². The second-order valence-corrected chi connectivity index (χ2v) is 4.23. The molecule has 0 amide bonds.